The molecule has 19 heavy (non-hydrogen) atoms. The molecule has 0 fully saturated rings. The van der Waals surface area contributed by atoms with Gasteiger partial charge in [-0.05, 0) is 18.2 Å². The van der Waals surface area contributed by atoms with E-state index in [4.69, 9.17) is 27.9 Å². The van der Waals surface area contributed by atoms with Crippen molar-refractivity contribution in [2.45, 2.75) is 0 Å². The Morgan fingerprint density at radius 3 is 2.63 bits per heavy atom. The van der Waals surface area contributed by atoms with E-state index >= 15 is 0 Å². The number of sulfone groups is 1. The fraction of sp³-hybridized carbons (Fsp3) is 0.364. The minimum absolute atomic E-state index is 0.0510. The van der Waals surface area contributed by atoms with Crippen LogP contribution in [0.5, 0.6) is 5.75 Å². The number of hydrogen-bond acceptors (Lipinski definition) is 4. The Balaban J connectivity index is 2.38. The van der Waals surface area contributed by atoms with E-state index < -0.39 is 15.7 Å². The van der Waals surface area contributed by atoms with Crippen LogP contribution < -0.4 is 10.1 Å². The Labute approximate surface area is 121 Å². The molecule has 0 saturated carbocycles. The van der Waals surface area contributed by atoms with E-state index in [0.717, 1.165) is 6.26 Å². The SMILES string of the molecule is CS(=O)(=O)CCNC(=O)COc1ccc(Cl)cc1Cl. The molecule has 106 valence electrons. The number of amides is 1. The molecule has 0 unspecified atom stereocenters. The molecule has 0 saturated heterocycles. The van der Waals surface area contributed by atoms with E-state index in [9.17, 15) is 13.2 Å². The minimum Gasteiger partial charge on any atom is -0.482 e. The molecule has 0 bridgehead atoms. The van der Waals surface area contributed by atoms with Crippen LogP contribution in [0.2, 0.25) is 10.0 Å². The highest BCUT2D eigenvalue weighted by atomic mass is 35.5. The molecule has 1 N–H and O–H groups in total. The second-order valence-corrected chi connectivity index (χ2v) is 6.95. The molecular formula is C11H13Cl2NO4S. The van der Waals surface area contributed by atoms with Gasteiger partial charge in [-0.1, -0.05) is 23.2 Å². The standard InChI is InChI=1S/C11H13Cl2NO4S/c1-19(16,17)5-4-14-11(15)7-18-10-3-2-8(12)6-9(10)13/h2-3,6H,4-5,7H2,1H3,(H,14,15). The Morgan fingerprint density at radius 2 is 2.05 bits per heavy atom. The van der Waals surface area contributed by atoms with Crippen LogP contribution in [0.1, 0.15) is 0 Å². The lowest BCUT2D eigenvalue weighted by Crippen LogP contribution is -2.32. The zero-order valence-corrected chi connectivity index (χ0v) is 12.5. The summed E-state index contributed by atoms with van der Waals surface area (Å²) >= 11 is 11.6. The molecule has 1 aromatic carbocycles. The fourth-order valence-electron chi connectivity index (χ4n) is 1.16. The monoisotopic (exact) mass is 325 g/mol. The molecule has 1 aromatic rings. The van der Waals surface area contributed by atoms with Gasteiger partial charge in [-0.3, -0.25) is 4.79 Å². The van der Waals surface area contributed by atoms with Crippen molar-refractivity contribution in [3.05, 3.63) is 28.2 Å². The van der Waals surface area contributed by atoms with Crippen LogP contribution in [-0.2, 0) is 14.6 Å². The second kappa shape index (κ2) is 6.98. The van der Waals surface area contributed by atoms with Gasteiger partial charge >= 0.3 is 0 Å². The highest BCUT2D eigenvalue weighted by Gasteiger charge is 2.07. The summed E-state index contributed by atoms with van der Waals surface area (Å²) in [4.78, 5) is 11.4. The van der Waals surface area contributed by atoms with Gasteiger partial charge in [-0.2, -0.15) is 0 Å². The van der Waals surface area contributed by atoms with Crippen LogP contribution in [0.15, 0.2) is 18.2 Å². The average Bonchev–Trinajstić information content (AvgIpc) is 2.26. The van der Waals surface area contributed by atoms with E-state index in [2.05, 4.69) is 5.32 Å². The van der Waals surface area contributed by atoms with Crippen LogP contribution in [0.25, 0.3) is 0 Å². The molecule has 1 amide bonds. The molecular weight excluding hydrogens is 313 g/mol. The summed E-state index contributed by atoms with van der Waals surface area (Å²) in [6, 6.07) is 4.64. The molecule has 0 aliphatic rings. The third kappa shape index (κ3) is 6.66. The molecule has 0 aromatic heterocycles. The first kappa shape index (κ1) is 16.1. The van der Waals surface area contributed by atoms with Crippen molar-refractivity contribution in [2.75, 3.05) is 25.2 Å². The van der Waals surface area contributed by atoms with Gasteiger partial charge in [-0.15, -0.1) is 0 Å². The molecule has 0 aliphatic carbocycles. The van der Waals surface area contributed by atoms with Crippen molar-refractivity contribution in [1.82, 2.24) is 5.32 Å². The molecule has 0 aliphatic heterocycles. The van der Waals surface area contributed by atoms with Crippen LogP contribution >= 0.6 is 23.2 Å². The van der Waals surface area contributed by atoms with Crippen molar-refractivity contribution in [1.29, 1.82) is 0 Å². The van der Waals surface area contributed by atoms with Crippen LogP contribution in [0, 0.1) is 0 Å². The first-order valence-electron chi connectivity index (χ1n) is 5.30. The van der Waals surface area contributed by atoms with Gasteiger partial charge in [0.05, 0.1) is 10.8 Å². The van der Waals surface area contributed by atoms with Crippen molar-refractivity contribution >= 4 is 38.9 Å². The minimum atomic E-state index is -3.09. The maximum atomic E-state index is 11.4. The molecule has 0 spiro atoms. The van der Waals surface area contributed by atoms with Crippen molar-refractivity contribution in [2.24, 2.45) is 0 Å². The summed E-state index contributed by atoms with van der Waals surface area (Å²) in [5.74, 6) is -0.195. The number of rotatable bonds is 6. The van der Waals surface area contributed by atoms with E-state index in [-0.39, 0.29) is 18.9 Å². The van der Waals surface area contributed by atoms with Gasteiger partial charge in [0.15, 0.2) is 6.61 Å². The van der Waals surface area contributed by atoms with Gasteiger partial charge in [0.1, 0.15) is 15.6 Å². The van der Waals surface area contributed by atoms with Crippen molar-refractivity contribution in [3.63, 3.8) is 0 Å². The lowest BCUT2D eigenvalue weighted by molar-refractivity contribution is -0.122. The normalized spacial score (nSPS) is 11.1. The van der Waals surface area contributed by atoms with E-state index in [1.54, 1.807) is 12.1 Å². The summed E-state index contributed by atoms with van der Waals surface area (Å²) < 4.78 is 26.9. The Kier molecular flexibility index (Phi) is 5.90. The first-order chi connectivity index (χ1) is 8.78. The number of ether oxygens (including phenoxy) is 1. The van der Waals surface area contributed by atoms with Crippen LogP contribution in [0.4, 0.5) is 0 Å². The van der Waals surface area contributed by atoms with E-state index in [1.165, 1.54) is 6.07 Å². The molecule has 0 radical (unpaired) electrons. The van der Waals surface area contributed by atoms with E-state index in [1.807, 2.05) is 0 Å². The number of hydrogen-bond donors (Lipinski definition) is 1. The summed E-state index contributed by atoms with van der Waals surface area (Å²) in [5, 5.41) is 3.20. The zero-order chi connectivity index (χ0) is 14.5. The highest BCUT2D eigenvalue weighted by Crippen LogP contribution is 2.27. The lowest BCUT2D eigenvalue weighted by atomic mass is 10.3. The number of carbonyl (C=O) groups excluding carboxylic acids is 1. The smallest absolute Gasteiger partial charge is 0.257 e. The maximum absolute atomic E-state index is 11.4. The summed E-state index contributed by atoms with van der Waals surface area (Å²) in [5.41, 5.74) is 0. The lowest BCUT2D eigenvalue weighted by Gasteiger charge is -2.08. The molecule has 5 nitrogen and oxygen atoms in total. The molecule has 0 atom stereocenters. The number of nitrogens with one attached hydrogen (secondary N) is 1. The van der Waals surface area contributed by atoms with Gasteiger partial charge in [0.2, 0.25) is 0 Å². The molecule has 0 heterocycles. The summed E-state index contributed by atoms with van der Waals surface area (Å²) in [7, 11) is -3.09. The van der Waals surface area contributed by atoms with Gasteiger partial charge < -0.3 is 10.1 Å². The number of halogens is 2. The summed E-state index contributed by atoms with van der Waals surface area (Å²) in [6.45, 7) is -0.194. The predicted molar refractivity (Wildman–Crippen MR) is 74.7 cm³/mol. The van der Waals surface area contributed by atoms with E-state index in [0.29, 0.717) is 15.8 Å². The van der Waals surface area contributed by atoms with Gasteiger partial charge in [0.25, 0.3) is 5.91 Å². The Bertz CT molecular complexity index is 560. The topological polar surface area (TPSA) is 72.5 Å². The van der Waals surface area contributed by atoms with Gasteiger partial charge in [-0.25, -0.2) is 8.42 Å². The largest absolute Gasteiger partial charge is 0.482 e. The second-order valence-electron chi connectivity index (χ2n) is 3.84. The average molecular weight is 326 g/mol. The summed E-state index contributed by atoms with van der Waals surface area (Å²) in [6.07, 6.45) is 1.10. The Hall–Kier alpha value is -0.980. The van der Waals surface area contributed by atoms with Crippen LogP contribution in [-0.4, -0.2) is 39.5 Å². The number of carbonyl (C=O) groups is 1. The van der Waals surface area contributed by atoms with Crippen molar-refractivity contribution < 1.29 is 17.9 Å². The third-order valence-electron chi connectivity index (χ3n) is 2.05. The van der Waals surface area contributed by atoms with Gasteiger partial charge in [0, 0.05) is 17.8 Å². The molecule has 1 rings (SSSR count). The molecule has 8 heteroatoms. The maximum Gasteiger partial charge on any atom is 0.257 e. The predicted octanol–water partition coefficient (Wildman–Crippen LogP) is 1.53. The number of benzene rings is 1. The third-order valence-corrected chi connectivity index (χ3v) is 3.52. The fourth-order valence-corrected chi connectivity index (χ4v) is 2.10. The Morgan fingerprint density at radius 1 is 1.37 bits per heavy atom. The highest BCUT2D eigenvalue weighted by molar-refractivity contribution is 7.90. The quantitative estimate of drug-likeness (QED) is 0.860. The van der Waals surface area contributed by atoms with Crippen molar-refractivity contribution in [3.8, 4) is 5.75 Å². The first-order valence-corrected chi connectivity index (χ1v) is 8.12. The zero-order valence-electron chi connectivity index (χ0n) is 10.2. The van der Waals surface area contributed by atoms with Crippen LogP contribution in [0.3, 0.4) is 0 Å².